The number of pyridine rings is 1. The number of rotatable bonds is 9. The Morgan fingerprint density at radius 1 is 1.03 bits per heavy atom. The number of carbonyl (C=O) groups excluding carboxylic acids is 2. The van der Waals surface area contributed by atoms with Crippen molar-refractivity contribution in [3.63, 3.8) is 0 Å². The van der Waals surface area contributed by atoms with Crippen molar-refractivity contribution in [2.24, 2.45) is 0 Å². The lowest BCUT2D eigenvalue weighted by Crippen LogP contribution is -2.29. The molecule has 1 amide bonds. The van der Waals surface area contributed by atoms with Gasteiger partial charge in [0.25, 0.3) is 11.7 Å². The first-order valence-electron chi connectivity index (χ1n) is 11.6. The van der Waals surface area contributed by atoms with Gasteiger partial charge in [0.1, 0.15) is 11.5 Å². The molecule has 2 aromatic carbocycles. The van der Waals surface area contributed by atoms with Crippen molar-refractivity contribution < 1.29 is 28.9 Å². The van der Waals surface area contributed by atoms with Gasteiger partial charge in [0.2, 0.25) is 0 Å². The van der Waals surface area contributed by atoms with Gasteiger partial charge in [-0.25, -0.2) is 0 Å². The summed E-state index contributed by atoms with van der Waals surface area (Å²) >= 11 is 0. The van der Waals surface area contributed by atoms with Crippen LogP contribution in [0.1, 0.15) is 36.1 Å². The van der Waals surface area contributed by atoms with E-state index in [4.69, 9.17) is 14.2 Å². The topological polar surface area (TPSA) is 98.2 Å². The Labute approximate surface area is 209 Å². The third-order valence-corrected chi connectivity index (χ3v) is 5.92. The van der Waals surface area contributed by atoms with Gasteiger partial charge in [0, 0.05) is 24.5 Å². The van der Waals surface area contributed by atoms with Crippen LogP contribution in [0.5, 0.6) is 17.2 Å². The Morgan fingerprint density at radius 3 is 2.53 bits per heavy atom. The molecule has 0 aliphatic carbocycles. The van der Waals surface area contributed by atoms with Crippen LogP contribution in [-0.4, -0.2) is 47.5 Å². The van der Waals surface area contributed by atoms with E-state index in [-0.39, 0.29) is 17.9 Å². The smallest absolute Gasteiger partial charge is 0.295 e. The predicted octanol–water partition coefficient (Wildman–Crippen LogP) is 4.51. The van der Waals surface area contributed by atoms with E-state index < -0.39 is 17.7 Å². The summed E-state index contributed by atoms with van der Waals surface area (Å²) in [7, 11) is 3.04. The predicted molar refractivity (Wildman–Crippen MR) is 134 cm³/mol. The van der Waals surface area contributed by atoms with Crippen LogP contribution < -0.4 is 14.2 Å². The quantitative estimate of drug-likeness (QED) is 0.269. The summed E-state index contributed by atoms with van der Waals surface area (Å²) in [6.07, 6.45) is 4.10. The van der Waals surface area contributed by atoms with E-state index in [0.29, 0.717) is 35.0 Å². The minimum Gasteiger partial charge on any atom is -0.507 e. The van der Waals surface area contributed by atoms with Gasteiger partial charge in [-0.3, -0.25) is 14.6 Å². The lowest BCUT2D eigenvalue weighted by molar-refractivity contribution is -0.140. The molecule has 1 unspecified atom stereocenters. The van der Waals surface area contributed by atoms with Crippen LogP contribution in [0.15, 0.2) is 72.6 Å². The monoisotopic (exact) mass is 488 g/mol. The number of nitrogens with zero attached hydrogens (tertiary/aromatic N) is 2. The molecule has 0 bridgehead atoms. The number of aromatic nitrogens is 1. The van der Waals surface area contributed by atoms with Gasteiger partial charge in [-0.1, -0.05) is 31.2 Å². The van der Waals surface area contributed by atoms with E-state index in [1.165, 1.54) is 19.1 Å². The fraction of sp³-hybridized carbons (Fsp3) is 0.250. The number of hydrogen-bond acceptors (Lipinski definition) is 7. The molecule has 1 aromatic heterocycles. The second-order valence-corrected chi connectivity index (χ2v) is 8.28. The Hall–Kier alpha value is -4.33. The first-order valence-corrected chi connectivity index (χ1v) is 11.6. The Bertz CT molecular complexity index is 1290. The van der Waals surface area contributed by atoms with Crippen LogP contribution in [-0.2, 0) is 16.1 Å². The lowest BCUT2D eigenvalue weighted by Gasteiger charge is -2.26. The van der Waals surface area contributed by atoms with E-state index in [1.807, 2.05) is 13.0 Å². The zero-order valence-corrected chi connectivity index (χ0v) is 20.4. The van der Waals surface area contributed by atoms with E-state index in [9.17, 15) is 14.7 Å². The van der Waals surface area contributed by atoms with Gasteiger partial charge < -0.3 is 24.2 Å². The Kier molecular flexibility index (Phi) is 7.53. The number of Topliss-reactive ketones (excluding diaryl/α,β-unsaturated/α-hetero) is 1. The number of aliphatic hydroxyl groups is 1. The fourth-order valence-corrected chi connectivity index (χ4v) is 4.21. The number of ketones is 1. The average molecular weight is 489 g/mol. The maximum absolute atomic E-state index is 13.3. The van der Waals surface area contributed by atoms with E-state index in [2.05, 4.69) is 4.98 Å². The van der Waals surface area contributed by atoms with Gasteiger partial charge in [0.15, 0.2) is 11.5 Å². The highest BCUT2D eigenvalue weighted by molar-refractivity contribution is 6.46. The SMILES string of the molecule is CCCOc1cccc(/C(O)=C2\C(=O)C(=O)N(Cc3cccnc3)C2c2ccc(OC)c(OC)c2)c1. The van der Waals surface area contributed by atoms with Crippen molar-refractivity contribution in [1.29, 1.82) is 0 Å². The highest BCUT2D eigenvalue weighted by Crippen LogP contribution is 2.42. The maximum Gasteiger partial charge on any atom is 0.295 e. The normalized spacial score (nSPS) is 16.8. The number of likely N-dealkylation sites (tertiary alicyclic amines) is 1. The molecule has 1 N–H and O–H groups in total. The van der Waals surface area contributed by atoms with Crippen molar-refractivity contribution >= 4 is 17.4 Å². The van der Waals surface area contributed by atoms with Crippen LogP contribution in [0.4, 0.5) is 0 Å². The van der Waals surface area contributed by atoms with Crippen LogP contribution in [0.3, 0.4) is 0 Å². The van der Waals surface area contributed by atoms with Gasteiger partial charge in [-0.2, -0.15) is 0 Å². The average Bonchev–Trinajstić information content (AvgIpc) is 3.16. The van der Waals surface area contributed by atoms with Gasteiger partial charge in [-0.15, -0.1) is 0 Å². The molecule has 8 heteroatoms. The number of methoxy groups -OCH3 is 2. The van der Waals surface area contributed by atoms with Crippen molar-refractivity contribution in [1.82, 2.24) is 9.88 Å². The summed E-state index contributed by atoms with van der Waals surface area (Å²) < 4.78 is 16.5. The molecule has 2 heterocycles. The van der Waals surface area contributed by atoms with E-state index in [0.717, 1.165) is 12.0 Å². The molecule has 36 heavy (non-hydrogen) atoms. The first-order chi connectivity index (χ1) is 17.5. The number of aliphatic hydroxyl groups excluding tert-OH is 1. The van der Waals surface area contributed by atoms with Gasteiger partial charge in [0.05, 0.1) is 32.4 Å². The van der Waals surface area contributed by atoms with Crippen LogP contribution in [0.2, 0.25) is 0 Å². The fourth-order valence-electron chi connectivity index (χ4n) is 4.21. The minimum absolute atomic E-state index is 0.0104. The summed E-state index contributed by atoms with van der Waals surface area (Å²) in [5.74, 6) is -0.241. The summed E-state index contributed by atoms with van der Waals surface area (Å²) in [5, 5.41) is 11.4. The van der Waals surface area contributed by atoms with Crippen molar-refractivity contribution in [2.75, 3.05) is 20.8 Å². The van der Waals surface area contributed by atoms with Crippen LogP contribution in [0.25, 0.3) is 5.76 Å². The van der Waals surface area contributed by atoms with Crippen molar-refractivity contribution in [3.05, 3.63) is 89.3 Å². The third kappa shape index (κ3) is 4.88. The second kappa shape index (κ2) is 10.9. The molecule has 8 nitrogen and oxygen atoms in total. The van der Waals surface area contributed by atoms with Gasteiger partial charge >= 0.3 is 0 Å². The van der Waals surface area contributed by atoms with Crippen molar-refractivity contribution in [3.8, 4) is 17.2 Å². The van der Waals surface area contributed by atoms with E-state index in [1.54, 1.807) is 60.9 Å². The number of amides is 1. The van der Waals surface area contributed by atoms with E-state index >= 15 is 0 Å². The molecule has 1 saturated heterocycles. The minimum atomic E-state index is -0.856. The summed E-state index contributed by atoms with van der Waals surface area (Å²) in [6.45, 7) is 2.65. The Morgan fingerprint density at radius 2 is 1.83 bits per heavy atom. The third-order valence-electron chi connectivity index (χ3n) is 5.92. The molecule has 0 saturated carbocycles. The zero-order chi connectivity index (χ0) is 25.7. The van der Waals surface area contributed by atoms with Crippen LogP contribution >= 0.6 is 0 Å². The number of benzene rings is 2. The Balaban J connectivity index is 1.86. The number of carbonyl (C=O) groups is 2. The van der Waals surface area contributed by atoms with Gasteiger partial charge in [-0.05, 0) is 47.9 Å². The summed E-state index contributed by atoms with van der Waals surface area (Å²) in [6, 6.07) is 14.7. The lowest BCUT2D eigenvalue weighted by atomic mass is 9.94. The molecule has 4 rings (SSSR count). The van der Waals surface area contributed by atoms with Crippen molar-refractivity contribution in [2.45, 2.75) is 25.9 Å². The molecule has 1 fully saturated rings. The highest BCUT2D eigenvalue weighted by Gasteiger charge is 2.46. The highest BCUT2D eigenvalue weighted by atomic mass is 16.5. The molecule has 1 atom stereocenters. The largest absolute Gasteiger partial charge is 0.507 e. The molecule has 1 aliphatic heterocycles. The second-order valence-electron chi connectivity index (χ2n) is 8.28. The standard InChI is InChI=1S/C28H28N2O6/c1-4-13-36-21-9-5-8-20(14-21)26(31)24-25(19-10-11-22(34-2)23(15-19)35-3)30(28(33)27(24)32)17-18-7-6-12-29-16-18/h5-12,14-16,25,31H,4,13,17H2,1-3H3/b26-24+. The summed E-state index contributed by atoms with van der Waals surface area (Å²) in [4.78, 5) is 32.1. The summed E-state index contributed by atoms with van der Waals surface area (Å²) in [5.41, 5.74) is 1.72. The molecule has 0 spiro atoms. The zero-order valence-electron chi connectivity index (χ0n) is 20.4. The maximum atomic E-state index is 13.3. The number of hydrogen-bond donors (Lipinski definition) is 1. The molecule has 1 aliphatic rings. The van der Waals surface area contributed by atoms with Crippen LogP contribution in [0, 0.1) is 0 Å². The molecule has 3 aromatic rings. The number of ether oxygens (including phenoxy) is 3. The molecule has 0 radical (unpaired) electrons. The molecular formula is C28H28N2O6. The molecular weight excluding hydrogens is 460 g/mol. The molecule has 186 valence electrons. The first kappa shape index (κ1) is 24.8.